The first-order valence-corrected chi connectivity index (χ1v) is 6.51. The standard InChI is InChI=1S/C14H16N2O4/c17-6-14(7-18)12-9(5-11(16-14)13(19)20)8-3-1-2-4-10(8)15-12/h1-4,9,11,16-18H,5-7H2,(H,19,20). The number of carboxylic acid groups (broad SMARTS) is 1. The fourth-order valence-corrected chi connectivity index (χ4v) is 3.09. The van der Waals surface area contributed by atoms with Crippen LogP contribution >= 0.6 is 0 Å². The Balaban J connectivity index is 2.09. The van der Waals surface area contributed by atoms with Crippen LogP contribution in [0.3, 0.4) is 0 Å². The third kappa shape index (κ3) is 1.76. The highest BCUT2D eigenvalue weighted by atomic mass is 16.4. The molecule has 2 aliphatic heterocycles. The highest BCUT2D eigenvalue weighted by Gasteiger charge is 2.50. The zero-order chi connectivity index (χ0) is 14.3. The second kappa shape index (κ2) is 4.66. The summed E-state index contributed by atoms with van der Waals surface area (Å²) in [6.07, 6.45) is 0.368. The minimum atomic E-state index is -1.18. The van der Waals surface area contributed by atoms with Crippen molar-refractivity contribution in [2.75, 3.05) is 13.2 Å². The summed E-state index contributed by atoms with van der Waals surface area (Å²) >= 11 is 0. The van der Waals surface area contributed by atoms with Crippen molar-refractivity contribution in [3.05, 3.63) is 29.8 Å². The number of para-hydroxylation sites is 1. The van der Waals surface area contributed by atoms with E-state index in [1.807, 2.05) is 24.3 Å². The Kier molecular flexibility index (Phi) is 3.08. The molecule has 0 radical (unpaired) electrons. The number of hydrogen-bond donors (Lipinski definition) is 4. The van der Waals surface area contributed by atoms with Crippen molar-refractivity contribution in [1.29, 1.82) is 0 Å². The second-order valence-electron chi connectivity index (χ2n) is 5.28. The third-order valence-electron chi connectivity index (χ3n) is 4.13. The van der Waals surface area contributed by atoms with Gasteiger partial charge in [-0.1, -0.05) is 18.2 Å². The summed E-state index contributed by atoms with van der Waals surface area (Å²) in [7, 11) is 0. The number of aliphatic imine (C=N–C) groups is 1. The largest absolute Gasteiger partial charge is 0.480 e. The molecule has 1 aromatic carbocycles. The summed E-state index contributed by atoms with van der Waals surface area (Å²) in [5.41, 5.74) is 1.19. The molecule has 0 aliphatic carbocycles. The minimum absolute atomic E-state index is 0.173. The van der Waals surface area contributed by atoms with Crippen LogP contribution in [0.4, 0.5) is 5.69 Å². The van der Waals surface area contributed by atoms with Crippen molar-refractivity contribution in [3.63, 3.8) is 0 Å². The number of aliphatic hydroxyl groups excluding tert-OH is 2. The summed E-state index contributed by atoms with van der Waals surface area (Å²) in [5, 5.41) is 31.4. The molecule has 6 heteroatoms. The number of benzene rings is 1. The van der Waals surface area contributed by atoms with Gasteiger partial charge in [0.05, 0.1) is 24.6 Å². The maximum absolute atomic E-state index is 11.3. The Hall–Kier alpha value is -1.76. The van der Waals surface area contributed by atoms with E-state index in [2.05, 4.69) is 10.3 Å². The van der Waals surface area contributed by atoms with Crippen LogP contribution in [0.25, 0.3) is 0 Å². The number of fused-ring (bicyclic) bond motifs is 3. The van der Waals surface area contributed by atoms with Crippen LogP contribution in [0.2, 0.25) is 0 Å². The third-order valence-corrected chi connectivity index (χ3v) is 4.13. The van der Waals surface area contributed by atoms with Crippen LogP contribution < -0.4 is 5.32 Å². The van der Waals surface area contributed by atoms with Gasteiger partial charge in [-0.3, -0.25) is 15.1 Å². The summed E-state index contributed by atoms with van der Waals surface area (Å²) in [6.45, 7) is -0.785. The second-order valence-corrected chi connectivity index (χ2v) is 5.28. The molecule has 6 nitrogen and oxygen atoms in total. The Labute approximate surface area is 115 Å². The smallest absolute Gasteiger partial charge is 0.320 e. The Bertz CT molecular complexity index is 580. The normalized spacial score (nSPS) is 26.6. The van der Waals surface area contributed by atoms with Gasteiger partial charge in [-0.15, -0.1) is 0 Å². The molecule has 0 spiro atoms. The van der Waals surface area contributed by atoms with E-state index in [-0.39, 0.29) is 5.92 Å². The van der Waals surface area contributed by atoms with E-state index in [0.29, 0.717) is 12.1 Å². The van der Waals surface area contributed by atoms with Gasteiger partial charge in [-0.05, 0) is 18.1 Å². The molecular formula is C14H16N2O4. The molecule has 0 aromatic heterocycles. The maximum Gasteiger partial charge on any atom is 0.320 e. The number of carboxylic acids is 1. The number of aliphatic carboxylic acids is 1. The van der Waals surface area contributed by atoms with Gasteiger partial charge in [-0.2, -0.15) is 0 Å². The van der Waals surface area contributed by atoms with Crippen LogP contribution in [-0.2, 0) is 4.79 Å². The van der Waals surface area contributed by atoms with E-state index in [0.717, 1.165) is 11.3 Å². The fraction of sp³-hybridized carbons (Fsp3) is 0.429. The molecule has 2 heterocycles. The lowest BCUT2D eigenvalue weighted by atomic mass is 9.76. The number of rotatable bonds is 3. The Morgan fingerprint density at radius 3 is 2.70 bits per heavy atom. The van der Waals surface area contributed by atoms with Crippen LogP contribution in [-0.4, -0.2) is 51.8 Å². The molecule has 3 rings (SSSR count). The zero-order valence-corrected chi connectivity index (χ0v) is 10.8. The number of aliphatic hydroxyl groups is 2. The van der Waals surface area contributed by atoms with Gasteiger partial charge in [0, 0.05) is 5.92 Å². The number of hydrogen-bond acceptors (Lipinski definition) is 5. The van der Waals surface area contributed by atoms with E-state index in [1.165, 1.54) is 0 Å². The predicted octanol–water partition coefficient (Wildman–Crippen LogP) is 0.0262. The van der Waals surface area contributed by atoms with E-state index in [1.54, 1.807) is 0 Å². The first kappa shape index (κ1) is 13.2. The molecule has 2 aliphatic rings. The van der Waals surface area contributed by atoms with Gasteiger partial charge in [0.2, 0.25) is 0 Å². The molecule has 2 atom stereocenters. The molecule has 0 amide bonds. The molecule has 106 valence electrons. The van der Waals surface area contributed by atoms with Crippen LogP contribution in [0.1, 0.15) is 17.9 Å². The van der Waals surface area contributed by atoms with Crippen molar-refractivity contribution in [3.8, 4) is 0 Å². The Morgan fingerprint density at radius 2 is 2.05 bits per heavy atom. The number of carbonyl (C=O) groups is 1. The average molecular weight is 276 g/mol. The van der Waals surface area contributed by atoms with Gasteiger partial charge < -0.3 is 15.3 Å². The summed E-state index contributed by atoms with van der Waals surface area (Å²) in [5.74, 6) is -1.16. The van der Waals surface area contributed by atoms with Gasteiger partial charge in [0.25, 0.3) is 0 Å². The summed E-state index contributed by atoms with van der Waals surface area (Å²) < 4.78 is 0. The van der Waals surface area contributed by atoms with Crippen molar-refractivity contribution in [2.45, 2.75) is 23.9 Å². The zero-order valence-electron chi connectivity index (χ0n) is 10.8. The molecule has 1 aromatic rings. The maximum atomic E-state index is 11.3. The SMILES string of the molecule is O=C(O)C1CC2C(=Nc3ccccc32)C(CO)(CO)N1. The minimum Gasteiger partial charge on any atom is -0.480 e. The summed E-state index contributed by atoms with van der Waals surface area (Å²) in [6, 6.07) is 6.71. The van der Waals surface area contributed by atoms with Gasteiger partial charge in [0.1, 0.15) is 11.6 Å². The predicted molar refractivity (Wildman–Crippen MR) is 72.4 cm³/mol. The van der Waals surface area contributed by atoms with E-state index in [4.69, 9.17) is 0 Å². The topological polar surface area (TPSA) is 102 Å². The Morgan fingerprint density at radius 1 is 1.35 bits per heavy atom. The van der Waals surface area contributed by atoms with Crippen molar-refractivity contribution < 1.29 is 20.1 Å². The highest BCUT2D eigenvalue weighted by molar-refractivity contribution is 6.06. The molecule has 2 unspecified atom stereocenters. The molecule has 1 fully saturated rings. The van der Waals surface area contributed by atoms with Crippen LogP contribution in [0, 0.1) is 0 Å². The van der Waals surface area contributed by atoms with Gasteiger partial charge in [-0.25, -0.2) is 0 Å². The summed E-state index contributed by atoms with van der Waals surface area (Å²) in [4.78, 5) is 15.8. The van der Waals surface area contributed by atoms with Crippen molar-refractivity contribution in [1.82, 2.24) is 5.32 Å². The first-order chi connectivity index (χ1) is 9.61. The van der Waals surface area contributed by atoms with E-state index in [9.17, 15) is 20.1 Å². The van der Waals surface area contributed by atoms with Crippen LogP contribution in [0.5, 0.6) is 0 Å². The molecule has 1 saturated heterocycles. The van der Waals surface area contributed by atoms with Crippen LogP contribution in [0.15, 0.2) is 29.3 Å². The van der Waals surface area contributed by atoms with Gasteiger partial charge >= 0.3 is 5.97 Å². The first-order valence-electron chi connectivity index (χ1n) is 6.51. The molecule has 20 heavy (non-hydrogen) atoms. The lowest BCUT2D eigenvalue weighted by molar-refractivity contribution is -0.140. The van der Waals surface area contributed by atoms with Gasteiger partial charge in [0.15, 0.2) is 0 Å². The number of nitrogens with zero attached hydrogens (tertiary/aromatic N) is 1. The number of nitrogens with one attached hydrogen (secondary N) is 1. The average Bonchev–Trinajstić information content (AvgIpc) is 2.85. The quantitative estimate of drug-likeness (QED) is 0.623. The van der Waals surface area contributed by atoms with Crippen molar-refractivity contribution >= 4 is 17.4 Å². The lowest BCUT2D eigenvalue weighted by Gasteiger charge is -2.42. The number of piperidine rings is 1. The lowest BCUT2D eigenvalue weighted by Crippen LogP contribution is -2.67. The molecule has 0 bridgehead atoms. The monoisotopic (exact) mass is 276 g/mol. The molecule has 4 N–H and O–H groups in total. The van der Waals surface area contributed by atoms with E-state index < -0.39 is 30.8 Å². The highest BCUT2D eigenvalue weighted by Crippen LogP contribution is 2.43. The molecule has 0 saturated carbocycles. The fourth-order valence-electron chi connectivity index (χ4n) is 3.09. The van der Waals surface area contributed by atoms with Crippen molar-refractivity contribution in [2.24, 2.45) is 4.99 Å². The molecular weight excluding hydrogens is 260 g/mol. The van der Waals surface area contributed by atoms with E-state index >= 15 is 0 Å².